The third kappa shape index (κ3) is 2.64. The molecular formula is C10H15NOS. The van der Waals surface area contributed by atoms with Crippen LogP contribution in [0.25, 0.3) is 0 Å². The van der Waals surface area contributed by atoms with Crippen LogP contribution >= 0.6 is 11.3 Å². The summed E-state index contributed by atoms with van der Waals surface area (Å²) in [4.78, 5) is 12.8. The summed E-state index contributed by atoms with van der Waals surface area (Å²) >= 11 is 1.59. The number of carbonyl (C=O) groups excluding carboxylic acids is 1. The van der Waals surface area contributed by atoms with Crippen molar-refractivity contribution in [3.63, 3.8) is 0 Å². The second kappa shape index (κ2) is 4.53. The van der Waals surface area contributed by atoms with Gasteiger partial charge in [-0.05, 0) is 19.4 Å². The van der Waals surface area contributed by atoms with Crippen molar-refractivity contribution in [3.05, 3.63) is 21.9 Å². The first kappa shape index (κ1) is 10.4. The van der Waals surface area contributed by atoms with Crippen LogP contribution in [0.15, 0.2) is 11.4 Å². The third-order valence-electron chi connectivity index (χ3n) is 1.95. The molecule has 0 aliphatic rings. The summed E-state index contributed by atoms with van der Waals surface area (Å²) in [7, 11) is 0. The molecule has 0 saturated carbocycles. The maximum atomic E-state index is 11.6. The highest BCUT2D eigenvalue weighted by Gasteiger charge is 2.15. The molecule has 0 aliphatic heterocycles. The van der Waals surface area contributed by atoms with E-state index in [4.69, 9.17) is 5.73 Å². The van der Waals surface area contributed by atoms with E-state index in [0.29, 0.717) is 0 Å². The van der Waals surface area contributed by atoms with Crippen LogP contribution < -0.4 is 5.73 Å². The van der Waals surface area contributed by atoms with Crippen molar-refractivity contribution >= 4 is 17.1 Å². The lowest BCUT2D eigenvalue weighted by molar-refractivity contribution is 0.0957. The molecule has 0 amide bonds. The smallest absolute Gasteiger partial charge is 0.180 e. The van der Waals surface area contributed by atoms with Gasteiger partial charge in [-0.1, -0.05) is 13.3 Å². The number of hydrogen-bond acceptors (Lipinski definition) is 3. The van der Waals surface area contributed by atoms with Gasteiger partial charge in [-0.15, -0.1) is 11.3 Å². The first-order valence-corrected chi connectivity index (χ1v) is 5.38. The molecule has 1 unspecified atom stereocenters. The molecule has 0 aliphatic carbocycles. The van der Waals surface area contributed by atoms with E-state index in [1.807, 2.05) is 25.3 Å². The van der Waals surface area contributed by atoms with Crippen molar-refractivity contribution in [2.24, 2.45) is 5.73 Å². The van der Waals surface area contributed by atoms with E-state index in [-0.39, 0.29) is 11.8 Å². The standard InChI is InChI=1S/C10H15NOS/c1-3-4-9(11)10(12)8-5-7(2)13-6-8/h5-6,9H,3-4,11H2,1-2H3. The lowest BCUT2D eigenvalue weighted by atomic mass is 10.0. The molecule has 0 spiro atoms. The summed E-state index contributed by atoms with van der Waals surface area (Å²) in [6.45, 7) is 4.03. The topological polar surface area (TPSA) is 43.1 Å². The number of hydrogen-bond donors (Lipinski definition) is 1. The first-order chi connectivity index (χ1) is 6.15. The van der Waals surface area contributed by atoms with Gasteiger partial charge in [0.05, 0.1) is 6.04 Å². The molecule has 2 nitrogen and oxygen atoms in total. The predicted molar refractivity (Wildman–Crippen MR) is 56.3 cm³/mol. The predicted octanol–water partition coefficient (Wildman–Crippen LogP) is 2.37. The highest BCUT2D eigenvalue weighted by Crippen LogP contribution is 2.15. The van der Waals surface area contributed by atoms with Gasteiger partial charge >= 0.3 is 0 Å². The highest BCUT2D eigenvalue weighted by atomic mass is 32.1. The second-order valence-electron chi connectivity index (χ2n) is 3.21. The molecule has 1 heterocycles. The van der Waals surface area contributed by atoms with Crippen LogP contribution in [-0.4, -0.2) is 11.8 Å². The zero-order chi connectivity index (χ0) is 9.84. The number of carbonyl (C=O) groups is 1. The van der Waals surface area contributed by atoms with Gasteiger partial charge in [0.15, 0.2) is 5.78 Å². The van der Waals surface area contributed by atoms with Crippen molar-refractivity contribution in [1.82, 2.24) is 0 Å². The van der Waals surface area contributed by atoms with Crippen molar-refractivity contribution in [3.8, 4) is 0 Å². The second-order valence-corrected chi connectivity index (χ2v) is 4.32. The number of Topliss-reactive ketones (excluding diaryl/α,β-unsaturated/α-hetero) is 1. The van der Waals surface area contributed by atoms with Crippen molar-refractivity contribution < 1.29 is 4.79 Å². The molecule has 1 aromatic heterocycles. The fourth-order valence-electron chi connectivity index (χ4n) is 1.23. The summed E-state index contributed by atoms with van der Waals surface area (Å²) in [5.41, 5.74) is 6.49. The molecule has 1 rings (SSSR count). The molecule has 0 bridgehead atoms. The zero-order valence-corrected chi connectivity index (χ0v) is 8.86. The van der Waals surface area contributed by atoms with Crippen LogP contribution in [0.4, 0.5) is 0 Å². The number of aryl methyl sites for hydroxylation is 1. The molecule has 2 N–H and O–H groups in total. The van der Waals surface area contributed by atoms with Crippen molar-refractivity contribution in [2.75, 3.05) is 0 Å². The summed E-state index contributed by atoms with van der Waals surface area (Å²) in [6, 6.07) is 1.58. The Morgan fingerprint density at radius 3 is 2.85 bits per heavy atom. The van der Waals surface area contributed by atoms with E-state index in [2.05, 4.69) is 0 Å². The number of nitrogens with two attached hydrogens (primary N) is 1. The van der Waals surface area contributed by atoms with Crippen LogP contribution in [0, 0.1) is 6.92 Å². The Balaban J connectivity index is 2.67. The number of thiophene rings is 1. The minimum Gasteiger partial charge on any atom is -0.321 e. The average Bonchev–Trinajstić information content (AvgIpc) is 2.51. The lowest BCUT2D eigenvalue weighted by Gasteiger charge is -2.06. The summed E-state index contributed by atoms with van der Waals surface area (Å²) in [5, 5.41) is 1.88. The minimum absolute atomic E-state index is 0.0752. The third-order valence-corrected chi connectivity index (χ3v) is 2.81. The SMILES string of the molecule is CCCC(N)C(=O)c1csc(C)c1. The van der Waals surface area contributed by atoms with Gasteiger partial charge in [-0.3, -0.25) is 4.79 Å². The van der Waals surface area contributed by atoms with E-state index in [1.165, 1.54) is 0 Å². The van der Waals surface area contributed by atoms with Gasteiger partial charge in [0.2, 0.25) is 0 Å². The number of ketones is 1. The molecule has 0 aromatic carbocycles. The Morgan fingerprint density at radius 1 is 1.69 bits per heavy atom. The maximum absolute atomic E-state index is 11.6. The van der Waals surface area contributed by atoms with Crippen LogP contribution in [0.2, 0.25) is 0 Å². The zero-order valence-electron chi connectivity index (χ0n) is 8.04. The summed E-state index contributed by atoms with van der Waals surface area (Å²) in [6.07, 6.45) is 1.73. The van der Waals surface area contributed by atoms with Crippen LogP contribution in [0.5, 0.6) is 0 Å². The highest BCUT2D eigenvalue weighted by molar-refractivity contribution is 7.10. The van der Waals surface area contributed by atoms with Gasteiger partial charge in [-0.2, -0.15) is 0 Å². The van der Waals surface area contributed by atoms with E-state index in [1.54, 1.807) is 11.3 Å². The quantitative estimate of drug-likeness (QED) is 0.753. The fraction of sp³-hybridized carbons (Fsp3) is 0.500. The Hall–Kier alpha value is -0.670. The summed E-state index contributed by atoms with van der Waals surface area (Å²) in [5.74, 6) is 0.0752. The Morgan fingerprint density at radius 2 is 2.38 bits per heavy atom. The average molecular weight is 197 g/mol. The molecule has 0 fully saturated rings. The molecule has 1 aromatic rings. The van der Waals surface area contributed by atoms with Crippen molar-refractivity contribution in [2.45, 2.75) is 32.7 Å². The van der Waals surface area contributed by atoms with Crippen LogP contribution in [-0.2, 0) is 0 Å². The van der Waals surface area contributed by atoms with Crippen LogP contribution in [0.1, 0.15) is 35.0 Å². The van der Waals surface area contributed by atoms with Crippen LogP contribution in [0.3, 0.4) is 0 Å². The van der Waals surface area contributed by atoms with E-state index >= 15 is 0 Å². The Kier molecular flexibility index (Phi) is 3.63. The molecule has 72 valence electrons. The number of rotatable bonds is 4. The molecule has 1 atom stereocenters. The molecule has 13 heavy (non-hydrogen) atoms. The maximum Gasteiger partial charge on any atom is 0.180 e. The Bertz CT molecular complexity index is 293. The van der Waals surface area contributed by atoms with E-state index < -0.39 is 0 Å². The normalized spacial score (nSPS) is 12.8. The van der Waals surface area contributed by atoms with Gasteiger partial charge in [0.1, 0.15) is 0 Å². The van der Waals surface area contributed by atoms with E-state index in [9.17, 15) is 4.79 Å². The largest absolute Gasteiger partial charge is 0.321 e. The van der Waals surface area contributed by atoms with Gasteiger partial charge in [0.25, 0.3) is 0 Å². The summed E-state index contributed by atoms with van der Waals surface area (Å²) < 4.78 is 0. The van der Waals surface area contributed by atoms with Gasteiger partial charge < -0.3 is 5.73 Å². The van der Waals surface area contributed by atoms with E-state index in [0.717, 1.165) is 23.3 Å². The fourth-order valence-corrected chi connectivity index (χ4v) is 1.92. The molecule has 0 radical (unpaired) electrons. The lowest BCUT2D eigenvalue weighted by Crippen LogP contribution is -2.29. The molecular weight excluding hydrogens is 182 g/mol. The van der Waals surface area contributed by atoms with Crippen molar-refractivity contribution in [1.29, 1.82) is 0 Å². The van der Waals surface area contributed by atoms with Gasteiger partial charge in [-0.25, -0.2) is 0 Å². The van der Waals surface area contributed by atoms with Gasteiger partial charge in [0, 0.05) is 15.8 Å². The molecule has 3 heteroatoms. The minimum atomic E-state index is -0.320. The monoisotopic (exact) mass is 197 g/mol. The first-order valence-electron chi connectivity index (χ1n) is 4.50. The molecule has 0 saturated heterocycles. The Labute approximate surface area is 82.8 Å².